The van der Waals surface area contributed by atoms with Crippen LogP contribution < -0.4 is 0 Å². The third-order valence-corrected chi connectivity index (χ3v) is 5.73. The summed E-state index contributed by atoms with van der Waals surface area (Å²) in [5.41, 5.74) is 0.729. The van der Waals surface area contributed by atoms with Gasteiger partial charge in [-0.2, -0.15) is 0 Å². The van der Waals surface area contributed by atoms with Crippen LogP contribution in [0.5, 0.6) is 0 Å². The van der Waals surface area contributed by atoms with Crippen molar-refractivity contribution in [1.82, 2.24) is 9.80 Å². The van der Waals surface area contributed by atoms with Crippen LogP contribution in [0.1, 0.15) is 20.0 Å². The Labute approximate surface area is 156 Å². The molecule has 5 heteroatoms. The number of piperazine rings is 1. The first-order chi connectivity index (χ1) is 12.7. The Kier molecular flexibility index (Phi) is 4.82. The summed E-state index contributed by atoms with van der Waals surface area (Å²) in [4.78, 5) is 29.8. The molecule has 2 aromatic carbocycles. The van der Waals surface area contributed by atoms with Crippen molar-refractivity contribution in [2.24, 2.45) is 0 Å². The van der Waals surface area contributed by atoms with E-state index in [-0.39, 0.29) is 11.7 Å². The number of carbonyl (C=O) groups excluding carboxylic acids is 2. The first kappa shape index (κ1) is 16.9. The van der Waals surface area contributed by atoms with Gasteiger partial charge in [-0.05, 0) is 34.4 Å². The Morgan fingerprint density at radius 3 is 2.38 bits per heavy atom. The van der Waals surface area contributed by atoms with Crippen LogP contribution in [0.4, 0.5) is 0 Å². The van der Waals surface area contributed by atoms with Crippen molar-refractivity contribution in [1.29, 1.82) is 0 Å². The zero-order valence-corrected chi connectivity index (χ0v) is 15.2. The summed E-state index contributed by atoms with van der Waals surface area (Å²) in [6.45, 7) is 3.21. The molecule has 0 N–H and O–H groups in total. The predicted octanol–water partition coefficient (Wildman–Crippen LogP) is 3.54. The number of fused-ring (bicyclic) bond motifs is 1. The second-order valence-corrected chi connectivity index (χ2v) is 7.48. The predicted molar refractivity (Wildman–Crippen MR) is 105 cm³/mol. The summed E-state index contributed by atoms with van der Waals surface area (Å²) < 4.78 is 0. The molecule has 1 aliphatic rings. The lowest BCUT2D eigenvalue weighted by atomic mass is 10.1. The largest absolute Gasteiger partial charge is 0.336 e. The minimum atomic E-state index is 0.0694. The number of nitrogens with zero attached hydrogens (tertiary/aromatic N) is 2. The number of rotatable bonds is 4. The lowest BCUT2D eigenvalue weighted by molar-refractivity contribution is 0.0625. The van der Waals surface area contributed by atoms with Gasteiger partial charge in [-0.1, -0.05) is 36.4 Å². The van der Waals surface area contributed by atoms with Crippen molar-refractivity contribution in [2.75, 3.05) is 32.7 Å². The van der Waals surface area contributed by atoms with Gasteiger partial charge < -0.3 is 4.90 Å². The molecule has 0 aliphatic carbocycles. The van der Waals surface area contributed by atoms with Gasteiger partial charge >= 0.3 is 0 Å². The van der Waals surface area contributed by atoms with Gasteiger partial charge in [0.05, 0.1) is 11.4 Å². The Morgan fingerprint density at radius 1 is 0.885 bits per heavy atom. The SMILES string of the molecule is O=C(CN1CCN(C(=O)c2ccc3ccccc3c2)CC1)c1cccs1. The van der Waals surface area contributed by atoms with Crippen LogP contribution in [0.25, 0.3) is 10.8 Å². The molecule has 1 saturated heterocycles. The van der Waals surface area contributed by atoms with Crippen molar-refractivity contribution in [3.8, 4) is 0 Å². The molecule has 0 bridgehead atoms. The van der Waals surface area contributed by atoms with Gasteiger partial charge in [0.15, 0.2) is 5.78 Å². The number of amides is 1. The van der Waals surface area contributed by atoms with Gasteiger partial charge in [-0.15, -0.1) is 11.3 Å². The standard InChI is InChI=1S/C21H20N2O2S/c24-19(20-6-3-13-26-20)15-22-9-11-23(12-10-22)21(25)18-8-7-16-4-1-2-5-17(16)14-18/h1-8,13-14H,9-12,15H2. The lowest BCUT2D eigenvalue weighted by Crippen LogP contribution is -2.49. The van der Waals surface area contributed by atoms with Crippen LogP contribution >= 0.6 is 11.3 Å². The van der Waals surface area contributed by atoms with E-state index in [4.69, 9.17) is 0 Å². The molecule has 0 spiro atoms. The van der Waals surface area contributed by atoms with E-state index < -0.39 is 0 Å². The molecule has 1 aliphatic heterocycles. The average molecular weight is 364 g/mol. The molecule has 0 radical (unpaired) electrons. The second kappa shape index (κ2) is 7.40. The number of ketones is 1. The molecule has 1 aromatic heterocycles. The summed E-state index contributed by atoms with van der Waals surface area (Å²) in [5.74, 6) is 0.231. The third-order valence-electron chi connectivity index (χ3n) is 4.82. The van der Waals surface area contributed by atoms with E-state index in [9.17, 15) is 9.59 Å². The number of hydrogen-bond donors (Lipinski definition) is 0. The van der Waals surface area contributed by atoms with E-state index in [0.717, 1.165) is 34.3 Å². The zero-order chi connectivity index (χ0) is 17.9. The fraction of sp³-hybridized carbons (Fsp3) is 0.238. The molecule has 4 rings (SSSR count). The van der Waals surface area contributed by atoms with E-state index in [1.165, 1.54) is 11.3 Å². The summed E-state index contributed by atoms with van der Waals surface area (Å²) in [5, 5.41) is 4.15. The van der Waals surface area contributed by atoms with Gasteiger partial charge in [0.2, 0.25) is 0 Å². The molecule has 0 unspecified atom stereocenters. The second-order valence-electron chi connectivity index (χ2n) is 6.53. The van der Waals surface area contributed by atoms with Gasteiger partial charge in [-0.3, -0.25) is 14.5 Å². The van der Waals surface area contributed by atoms with Crippen molar-refractivity contribution in [2.45, 2.75) is 0 Å². The molecule has 2 heterocycles. The van der Waals surface area contributed by atoms with Crippen molar-refractivity contribution < 1.29 is 9.59 Å². The Bertz CT molecular complexity index is 928. The third kappa shape index (κ3) is 3.54. The van der Waals surface area contributed by atoms with Gasteiger partial charge in [0, 0.05) is 31.7 Å². The quantitative estimate of drug-likeness (QED) is 0.665. The maximum Gasteiger partial charge on any atom is 0.253 e. The van der Waals surface area contributed by atoms with Crippen molar-refractivity contribution in [3.63, 3.8) is 0 Å². The van der Waals surface area contributed by atoms with Gasteiger partial charge in [-0.25, -0.2) is 0 Å². The van der Waals surface area contributed by atoms with E-state index >= 15 is 0 Å². The molecule has 1 amide bonds. The van der Waals surface area contributed by atoms with Crippen LogP contribution in [0.3, 0.4) is 0 Å². The maximum absolute atomic E-state index is 12.8. The monoisotopic (exact) mass is 364 g/mol. The number of carbonyl (C=O) groups is 2. The Morgan fingerprint density at radius 2 is 1.65 bits per heavy atom. The summed E-state index contributed by atoms with van der Waals surface area (Å²) >= 11 is 1.48. The highest BCUT2D eigenvalue weighted by Gasteiger charge is 2.23. The number of Topliss-reactive ketones (excluding diaryl/α,β-unsaturated/α-hetero) is 1. The van der Waals surface area contributed by atoms with E-state index in [1.54, 1.807) is 0 Å². The molecule has 0 atom stereocenters. The molecule has 3 aromatic rings. The molecule has 4 nitrogen and oxygen atoms in total. The van der Waals surface area contributed by atoms with Gasteiger partial charge in [0.25, 0.3) is 5.91 Å². The topological polar surface area (TPSA) is 40.6 Å². The van der Waals surface area contributed by atoms with E-state index in [2.05, 4.69) is 4.90 Å². The summed E-state index contributed by atoms with van der Waals surface area (Å²) in [7, 11) is 0. The molecule has 132 valence electrons. The molecular weight excluding hydrogens is 344 g/mol. The van der Waals surface area contributed by atoms with Crippen molar-refractivity contribution >= 4 is 33.8 Å². The fourth-order valence-corrected chi connectivity index (χ4v) is 3.99. The maximum atomic E-state index is 12.8. The number of hydrogen-bond acceptors (Lipinski definition) is 4. The van der Waals surface area contributed by atoms with Crippen LogP contribution in [0, 0.1) is 0 Å². The first-order valence-electron chi connectivity index (χ1n) is 8.78. The van der Waals surface area contributed by atoms with Crippen LogP contribution in [0.15, 0.2) is 60.0 Å². The number of thiophene rings is 1. The summed E-state index contributed by atoms with van der Waals surface area (Å²) in [6, 6.07) is 17.7. The lowest BCUT2D eigenvalue weighted by Gasteiger charge is -2.34. The number of benzene rings is 2. The highest BCUT2D eigenvalue weighted by molar-refractivity contribution is 7.12. The van der Waals surface area contributed by atoms with E-state index in [0.29, 0.717) is 19.6 Å². The minimum Gasteiger partial charge on any atom is -0.336 e. The normalized spacial score (nSPS) is 15.3. The van der Waals surface area contributed by atoms with E-state index in [1.807, 2.05) is 64.9 Å². The molecule has 0 saturated carbocycles. The van der Waals surface area contributed by atoms with Crippen LogP contribution in [-0.2, 0) is 0 Å². The smallest absolute Gasteiger partial charge is 0.253 e. The van der Waals surface area contributed by atoms with Crippen LogP contribution in [-0.4, -0.2) is 54.2 Å². The minimum absolute atomic E-state index is 0.0694. The zero-order valence-electron chi connectivity index (χ0n) is 14.4. The first-order valence-corrected chi connectivity index (χ1v) is 9.66. The van der Waals surface area contributed by atoms with Gasteiger partial charge in [0.1, 0.15) is 0 Å². The highest BCUT2D eigenvalue weighted by atomic mass is 32.1. The Hall–Kier alpha value is -2.50. The molecule has 26 heavy (non-hydrogen) atoms. The molecular formula is C21H20N2O2S. The highest BCUT2D eigenvalue weighted by Crippen LogP contribution is 2.18. The average Bonchev–Trinajstić information content (AvgIpc) is 3.23. The fourth-order valence-electron chi connectivity index (χ4n) is 3.33. The Balaban J connectivity index is 1.37. The molecule has 1 fully saturated rings. The van der Waals surface area contributed by atoms with Crippen LogP contribution in [0.2, 0.25) is 0 Å². The van der Waals surface area contributed by atoms with Crippen molar-refractivity contribution in [3.05, 3.63) is 70.4 Å². The summed E-state index contributed by atoms with van der Waals surface area (Å²) in [6.07, 6.45) is 0.